The van der Waals surface area contributed by atoms with Crippen LogP contribution in [0.5, 0.6) is 0 Å². The van der Waals surface area contributed by atoms with Crippen molar-refractivity contribution in [3.8, 4) is 0 Å². The van der Waals surface area contributed by atoms with Gasteiger partial charge in [0, 0.05) is 30.7 Å². The van der Waals surface area contributed by atoms with E-state index in [-0.39, 0.29) is 16.1 Å². The summed E-state index contributed by atoms with van der Waals surface area (Å²) in [4.78, 5) is 0.171. The smallest absolute Gasteiger partial charge is 0.247 e. The van der Waals surface area contributed by atoms with Crippen molar-refractivity contribution in [1.82, 2.24) is 4.31 Å². The Morgan fingerprint density at radius 1 is 1.47 bits per heavy atom. The lowest BCUT2D eigenvalue weighted by molar-refractivity contribution is 0.439. The van der Waals surface area contributed by atoms with Gasteiger partial charge in [-0.2, -0.15) is 16.1 Å². The summed E-state index contributed by atoms with van der Waals surface area (Å²) in [7, 11) is -3.46. The Balaban J connectivity index is 2.33. The van der Waals surface area contributed by atoms with E-state index in [9.17, 15) is 8.42 Å². The van der Waals surface area contributed by atoms with Gasteiger partial charge in [-0.1, -0.05) is 0 Å². The van der Waals surface area contributed by atoms with Crippen molar-refractivity contribution < 1.29 is 12.8 Å². The van der Waals surface area contributed by atoms with E-state index in [1.165, 1.54) is 10.4 Å². The number of hydrogen-bond acceptors (Lipinski definition) is 5. The Bertz CT molecular complexity index is 494. The third-order valence-corrected chi connectivity index (χ3v) is 6.19. The maximum absolute atomic E-state index is 12.3. The topological polar surface area (TPSA) is 76.5 Å². The normalized spacial score (nSPS) is 18.5. The number of nitrogens with two attached hydrogens (primary N) is 1. The van der Waals surface area contributed by atoms with Gasteiger partial charge in [0.2, 0.25) is 10.0 Å². The van der Waals surface area contributed by atoms with E-state index in [1.54, 1.807) is 11.8 Å². The summed E-state index contributed by atoms with van der Waals surface area (Å²) in [6, 6.07) is 1.49. The van der Waals surface area contributed by atoms with E-state index >= 15 is 0 Å². The summed E-state index contributed by atoms with van der Waals surface area (Å²) in [6.07, 6.45) is 0. The van der Waals surface area contributed by atoms with Crippen molar-refractivity contribution in [3.05, 3.63) is 16.5 Å². The van der Waals surface area contributed by atoms with Crippen LogP contribution < -0.4 is 5.73 Å². The first-order valence-electron chi connectivity index (χ1n) is 5.12. The second-order valence-electron chi connectivity index (χ2n) is 3.57. The van der Waals surface area contributed by atoms with Gasteiger partial charge in [-0.25, -0.2) is 8.42 Å². The highest BCUT2D eigenvalue weighted by atomic mass is 79.9. The molecule has 1 aliphatic rings. The molecule has 1 aromatic heterocycles. The molecule has 1 saturated heterocycles. The first-order chi connectivity index (χ1) is 8.05. The molecule has 0 spiro atoms. The molecular formula is C9H13BrN2O3S2. The van der Waals surface area contributed by atoms with Gasteiger partial charge in [-0.05, 0) is 15.9 Å². The van der Waals surface area contributed by atoms with Gasteiger partial charge in [0.05, 0.1) is 6.54 Å². The lowest BCUT2D eigenvalue weighted by Gasteiger charge is -2.24. The van der Waals surface area contributed by atoms with Gasteiger partial charge in [-0.3, -0.25) is 0 Å². The zero-order valence-electron chi connectivity index (χ0n) is 9.06. The number of furan rings is 1. The van der Waals surface area contributed by atoms with Crippen LogP contribution >= 0.6 is 27.7 Å². The lowest BCUT2D eigenvalue weighted by atomic mass is 10.5. The van der Waals surface area contributed by atoms with E-state index in [1.807, 2.05) is 0 Å². The van der Waals surface area contributed by atoms with Crippen LogP contribution in [0.25, 0.3) is 0 Å². The Kier molecular flexibility index (Phi) is 4.19. The van der Waals surface area contributed by atoms with E-state index < -0.39 is 10.0 Å². The third-order valence-electron chi connectivity index (χ3n) is 2.50. The standard InChI is InChI=1S/C9H13BrN2O3S2/c10-9-8(5-7(6-11)15-9)17(13,14)12-1-3-16-4-2-12/h5H,1-4,6,11H2. The van der Waals surface area contributed by atoms with Crippen LogP contribution in [0.3, 0.4) is 0 Å². The zero-order valence-corrected chi connectivity index (χ0v) is 12.3. The molecule has 2 rings (SSSR count). The molecule has 5 nitrogen and oxygen atoms in total. The van der Waals surface area contributed by atoms with Crippen LogP contribution in [-0.2, 0) is 16.6 Å². The molecule has 0 bridgehead atoms. The molecule has 0 aromatic carbocycles. The molecule has 0 saturated carbocycles. The fraction of sp³-hybridized carbons (Fsp3) is 0.556. The van der Waals surface area contributed by atoms with Crippen molar-refractivity contribution in [2.24, 2.45) is 5.73 Å². The molecule has 96 valence electrons. The van der Waals surface area contributed by atoms with Gasteiger partial charge in [0.1, 0.15) is 10.7 Å². The van der Waals surface area contributed by atoms with Gasteiger partial charge in [0.25, 0.3) is 0 Å². The zero-order chi connectivity index (χ0) is 12.5. The lowest BCUT2D eigenvalue weighted by Crippen LogP contribution is -2.37. The molecule has 0 atom stereocenters. The first kappa shape index (κ1) is 13.4. The van der Waals surface area contributed by atoms with Crippen LogP contribution in [0.15, 0.2) is 20.0 Å². The summed E-state index contributed by atoms with van der Waals surface area (Å²) in [6.45, 7) is 1.27. The second-order valence-corrected chi connectivity index (χ2v) is 7.42. The van der Waals surface area contributed by atoms with Gasteiger partial charge in [0.15, 0.2) is 4.67 Å². The molecule has 0 aliphatic carbocycles. The molecule has 0 radical (unpaired) electrons. The third kappa shape index (κ3) is 2.70. The second kappa shape index (κ2) is 5.31. The van der Waals surface area contributed by atoms with Crippen molar-refractivity contribution in [2.45, 2.75) is 11.4 Å². The number of hydrogen-bond donors (Lipinski definition) is 1. The van der Waals surface area contributed by atoms with E-state index in [2.05, 4.69) is 15.9 Å². The number of halogens is 1. The summed E-state index contributed by atoms with van der Waals surface area (Å²) in [5.41, 5.74) is 5.43. The molecule has 2 N–H and O–H groups in total. The molecule has 17 heavy (non-hydrogen) atoms. The molecule has 2 heterocycles. The van der Waals surface area contributed by atoms with Crippen LogP contribution in [0.4, 0.5) is 0 Å². The van der Waals surface area contributed by atoms with Crippen molar-refractivity contribution in [3.63, 3.8) is 0 Å². The highest BCUT2D eigenvalue weighted by Gasteiger charge is 2.30. The summed E-state index contributed by atoms with van der Waals surface area (Å²) >= 11 is 4.89. The summed E-state index contributed by atoms with van der Waals surface area (Å²) in [5, 5.41) is 0. The molecular weight excluding hydrogens is 328 g/mol. The van der Waals surface area contributed by atoms with E-state index in [0.29, 0.717) is 18.8 Å². The number of rotatable bonds is 3. The minimum atomic E-state index is -3.46. The van der Waals surface area contributed by atoms with Crippen LogP contribution in [0.2, 0.25) is 0 Å². The van der Waals surface area contributed by atoms with Crippen LogP contribution in [0.1, 0.15) is 5.76 Å². The van der Waals surface area contributed by atoms with Gasteiger partial charge >= 0.3 is 0 Å². The highest BCUT2D eigenvalue weighted by molar-refractivity contribution is 9.10. The Labute approximate surface area is 113 Å². The largest absolute Gasteiger partial charge is 0.452 e. The molecule has 1 aromatic rings. The quantitative estimate of drug-likeness (QED) is 0.895. The SMILES string of the molecule is NCc1cc(S(=O)(=O)N2CCSCC2)c(Br)o1. The van der Waals surface area contributed by atoms with Gasteiger partial charge < -0.3 is 10.2 Å². The van der Waals surface area contributed by atoms with E-state index in [4.69, 9.17) is 10.2 Å². The number of nitrogens with zero attached hydrogens (tertiary/aromatic N) is 1. The first-order valence-corrected chi connectivity index (χ1v) is 8.50. The van der Waals surface area contributed by atoms with Crippen molar-refractivity contribution in [1.29, 1.82) is 0 Å². The van der Waals surface area contributed by atoms with Crippen molar-refractivity contribution >= 4 is 37.7 Å². The Morgan fingerprint density at radius 2 is 2.12 bits per heavy atom. The fourth-order valence-corrected chi connectivity index (χ4v) is 5.14. The summed E-state index contributed by atoms with van der Waals surface area (Å²) in [5.74, 6) is 2.12. The number of thioether (sulfide) groups is 1. The minimum absolute atomic E-state index is 0.171. The Hall–Kier alpha value is -0.0200. The maximum Gasteiger partial charge on any atom is 0.247 e. The van der Waals surface area contributed by atoms with Crippen LogP contribution in [-0.4, -0.2) is 37.3 Å². The molecule has 0 unspecified atom stereocenters. The monoisotopic (exact) mass is 340 g/mol. The summed E-state index contributed by atoms with van der Waals surface area (Å²) < 4.78 is 31.6. The minimum Gasteiger partial charge on any atom is -0.452 e. The highest BCUT2D eigenvalue weighted by Crippen LogP contribution is 2.29. The predicted octanol–water partition coefficient (Wildman–Crippen LogP) is 1.24. The average Bonchev–Trinajstić information content (AvgIpc) is 2.72. The maximum atomic E-state index is 12.3. The molecule has 1 aliphatic heterocycles. The van der Waals surface area contributed by atoms with Gasteiger partial charge in [-0.15, -0.1) is 0 Å². The Morgan fingerprint density at radius 3 is 2.65 bits per heavy atom. The predicted molar refractivity (Wildman–Crippen MR) is 70.4 cm³/mol. The molecule has 8 heteroatoms. The molecule has 1 fully saturated rings. The number of sulfonamides is 1. The fourth-order valence-electron chi connectivity index (χ4n) is 1.60. The van der Waals surface area contributed by atoms with E-state index in [0.717, 1.165) is 11.5 Å². The average molecular weight is 341 g/mol. The van der Waals surface area contributed by atoms with Crippen LogP contribution in [0, 0.1) is 0 Å². The molecule has 0 amide bonds. The van der Waals surface area contributed by atoms with Crippen molar-refractivity contribution in [2.75, 3.05) is 24.6 Å².